The second kappa shape index (κ2) is 3.18. The Morgan fingerprint density at radius 3 is 2.73 bits per heavy atom. The standard InChI is InChI=1S/C10H10F2N2O/c1-5-10(15)13-9-7(12)3-6(11)4-8(9)14(5)2/h3-5H,1-2H3,(H,13,15). The van der Waals surface area contributed by atoms with E-state index < -0.39 is 17.7 Å². The normalized spacial score (nSPS) is 19.9. The van der Waals surface area contributed by atoms with Crippen LogP contribution in [0.15, 0.2) is 12.1 Å². The summed E-state index contributed by atoms with van der Waals surface area (Å²) in [5, 5.41) is 2.41. The van der Waals surface area contributed by atoms with E-state index in [4.69, 9.17) is 0 Å². The summed E-state index contributed by atoms with van der Waals surface area (Å²) in [6, 6.07) is 1.52. The molecule has 0 aliphatic carbocycles. The summed E-state index contributed by atoms with van der Waals surface area (Å²) in [5.74, 6) is -1.70. The second-order valence-corrected chi connectivity index (χ2v) is 3.56. The van der Waals surface area contributed by atoms with E-state index in [1.165, 1.54) is 6.07 Å². The van der Waals surface area contributed by atoms with E-state index in [0.717, 1.165) is 6.07 Å². The molecule has 1 aromatic carbocycles. The molecule has 1 aliphatic heterocycles. The van der Waals surface area contributed by atoms with Crippen molar-refractivity contribution in [1.82, 2.24) is 0 Å². The molecule has 0 fully saturated rings. The predicted molar refractivity (Wildman–Crippen MR) is 52.9 cm³/mol. The minimum absolute atomic E-state index is 0.0435. The molecule has 2 rings (SSSR count). The zero-order valence-corrected chi connectivity index (χ0v) is 8.34. The van der Waals surface area contributed by atoms with Crippen LogP contribution in [0.5, 0.6) is 0 Å². The number of benzene rings is 1. The third-order valence-corrected chi connectivity index (χ3v) is 2.62. The zero-order chi connectivity index (χ0) is 11.2. The third-order valence-electron chi connectivity index (χ3n) is 2.62. The molecule has 1 heterocycles. The first kappa shape index (κ1) is 9.89. The molecule has 1 unspecified atom stereocenters. The Bertz CT molecular complexity index is 434. The van der Waals surface area contributed by atoms with E-state index >= 15 is 0 Å². The molecule has 1 amide bonds. The summed E-state index contributed by atoms with van der Waals surface area (Å²) >= 11 is 0. The van der Waals surface area contributed by atoms with E-state index in [1.807, 2.05) is 0 Å². The van der Waals surface area contributed by atoms with Gasteiger partial charge < -0.3 is 10.2 Å². The van der Waals surface area contributed by atoms with Crippen molar-refractivity contribution < 1.29 is 13.6 Å². The van der Waals surface area contributed by atoms with Crippen molar-refractivity contribution in [3.63, 3.8) is 0 Å². The van der Waals surface area contributed by atoms with Gasteiger partial charge in [-0.2, -0.15) is 0 Å². The minimum Gasteiger partial charge on any atom is -0.361 e. The monoisotopic (exact) mass is 212 g/mol. The van der Waals surface area contributed by atoms with Crippen LogP contribution in [0, 0.1) is 11.6 Å². The highest BCUT2D eigenvalue weighted by Gasteiger charge is 2.29. The van der Waals surface area contributed by atoms with Gasteiger partial charge in [-0.05, 0) is 13.0 Å². The number of anilines is 2. The predicted octanol–water partition coefficient (Wildman–Crippen LogP) is 1.74. The van der Waals surface area contributed by atoms with Gasteiger partial charge in [0.05, 0.1) is 5.69 Å². The Kier molecular flexibility index (Phi) is 2.10. The lowest BCUT2D eigenvalue weighted by Gasteiger charge is -2.33. The number of hydrogen-bond donors (Lipinski definition) is 1. The lowest BCUT2D eigenvalue weighted by atomic mass is 10.1. The average Bonchev–Trinajstić information content (AvgIpc) is 2.17. The van der Waals surface area contributed by atoms with Crippen molar-refractivity contribution in [3.8, 4) is 0 Å². The number of likely N-dealkylation sites (N-methyl/N-ethyl adjacent to an activating group) is 1. The van der Waals surface area contributed by atoms with Crippen molar-refractivity contribution in [2.45, 2.75) is 13.0 Å². The van der Waals surface area contributed by atoms with Gasteiger partial charge in [0.2, 0.25) is 5.91 Å². The van der Waals surface area contributed by atoms with Gasteiger partial charge in [-0.25, -0.2) is 8.78 Å². The summed E-state index contributed by atoms with van der Waals surface area (Å²) < 4.78 is 26.3. The molecule has 0 saturated carbocycles. The maximum atomic E-state index is 13.3. The molecule has 0 aromatic heterocycles. The number of hydrogen-bond acceptors (Lipinski definition) is 2. The summed E-state index contributed by atoms with van der Waals surface area (Å²) in [7, 11) is 1.63. The lowest BCUT2D eigenvalue weighted by molar-refractivity contribution is -0.117. The summed E-state index contributed by atoms with van der Waals surface area (Å²) in [4.78, 5) is 12.9. The highest BCUT2D eigenvalue weighted by Crippen LogP contribution is 2.33. The van der Waals surface area contributed by atoms with Crippen molar-refractivity contribution in [3.05, 3.63) is 23.8 Å². The fraction of sp³-hybridized carbons (Fsp3) is 0.300. The zero-order valence-electron chi connectivity index (χ0n) is 8.34. The van der Waals surface area contributed by atoms with Crippen molar-refractivity contribution >= 4 is 17.3 Å². The first-order valence-corrected chi connectivity index (χ1v) is 4.53. The molecule has 5 heteroatoms. The molecule has 0 bridgehead atoms. The summed E-state index contributed by atoms with van der Waals surface area (Å²) in [6.07, 6.45) is 0. The van der Waals surface area contributed by atoms with E-state index in [-0.39, 0.29) is 11.6 Å². The SMILES string of the molecule is CC1C(=O)Nc2c(F)cc(F)cc2N1C. The fourth-order valence-corrected chi connectivity index (χ4v) is 1.57. The van der Waals surface area contributed by atoms with Gasteiger partial charge >= 0.3 is 0 Å². The minimum atomic E-state index is -0.753. The van der Waals surface area contributed by atoms with Gasteiger partial charge in [-0.15, -0.1) is 0 Å². The van der Waals surface area contributed by atoms with Crippen LogP contribution < -0.4 is 10.2 Å². The average molecular weight is 212 g/mol. The van der Waals surface area contributed by atoms with Gasteiger partial charge in [0.15, 0.2) is 5.82 Å². The molecule has 15 heavy (non-hydrogen) atoms. The largest absolute Gasteiger partial charge is 0.361 e. The van der Waals surface area contributed by atoms with Crippen LogP contribution in [0.3, 0.4) is 0 Å². The third kappa shape index (κ3) is 1.44. The first-order valence-electron chi connectivity index (χ1n) is 4.53. The van der Waals surface area contributed by atoms with Crippen molar-refractivity contribution in [1.29, 1.82) is 0 Å². The van der Waals surface area contributed by atoms with E-state index in [1.54, 1.807) is 18.9 Å². The Hall–Kier alpha value is -1.65. The smallest absolute Gasteiger partial charge is 0.246 e. The summed E-state index contributed by atoms with van der Waals surface area (Å²) in [5.41, 5.74) is 0.404. The van der Waals surface area contributed by atoms with Gasteiger partial charge in [0.25, 0.3) is 0 Å². The Labute approximate surface area is 85.7 Å². The number of carbonyl (C=O) groups is 1. The van der Waals surface area contributed by atoms with Crippen LogP contribution in [-0.2, 0) is 4.79 Å². The van der Waals surface area contributed by atoms with Crippen molar-refractivity contribution in [2.24, 2.45) is 0 Å². The van der Waals surface area contributed by atoms with Crippen LogP contribution in [0.1, 0.15) is 6.92 Å². The molecule has 0 saturated heterocycles. The van der Waals surface area contributed by atoms with Crippen LogP contribution in [-0.4, -0.2) is 19.0 Å². The van der Waals surface area contributed by atoms with E-state index in [2.05, 4.69) is 5.32 Å². The van der Waals surface area contributed by atoms with Crippen LogP contribution in [0.2, 0.25) is 0 Å². The number of amides is 1. The van der Waals surface area contributed by atoms with Gasteiger partial charge in [0.1, 0.15) is 17.5 Å². The molecular formula is C10H10F2N2O. The Morgan fingerprint density at radius 2 is 2.07 bits per heavy atom. The molecule has 1 aliphatic rings. The topological polar surface area (TPSA) is 32.3 Å². The first-order chi connectivity index (χ1) is 7.00. The molecule has 1 N–H and O–H groups in total. The highest BCUT2D eigenvalue weighted by atomic mass is 19.1. The molecule has 3 nitrogen and oxygen atoms in total. The number of nitrogens with one attached hydrogen (secondary N) is 1. The van der Waals surface area contributed by atoms with Crippen LogP contribution in [0.25, 0.3) is 0 Å². The molecular weight excluding hydrogens is 202 g/mol. The number of halogens is 2. The number of fused-ring (bicyclic) bond motifs is 1. The molecule has 1 atom stereocenters. The van der Waals surface area contributed by atoms with E-state index in [9.17, 15) is 13.6 Å². The Balaban J connectivity index is 2.60. The van der Waals surface area contributed by atoms with Crippen molar-refractivity contribution in [2.75, 3.05) is 17.3 Å². The lowest BCUT2D eigenvalue weighted by Crippen LogP contribution is -2.44. The fourth-order valence-electron chi connectivity index (χ4n) is 1.57. The van der Waals surface area contributed by atoms with E-state index in [0.29, 0.717) is 5.69 Å². The molecule has 0 radical (unpaired) electrons. The summed E-state index contributed by atoms with van der Waals surface area (Å²) in [6.45, 7) is 1.67. The van der Waals surface area contributed by atoms with Gasteiger partial charge in [-0.3, -0.25) is 4.79 Å². The van der Waals surface area contributed by atoms with Gasteiger partial charge in [0, 0.05) is 13.1 Å². The number of nitrogens with zero attached hydrogens (tertiary/aromatic N) is 1. The second-order valence-electron chi connectivity index (χ2n) is 3.56. The Morgan fingerprint density at radius 1 is 1.40 bits per heavy atom. The number of rotatable bonds is 0. The molecule has 80 valence electrons. The maximum Gasteiger partial charge on any atom is 0.246 e. The number of carbonyl (C=O) groups excluding carboxylic acids is 1. The van der Waals surface area contributed by atoms with Crippen LogP contribution >= 0.6 is 0 Å². The molecule has 1 aromatic rings. The molecule has 0 spiro atoms. The van der Waals surface area contributed by atoms with Gasteiger partial charge in [-0.1, -0.05) is 0 Å². The quantitative estimate of drug-likeness (QED) is 0.710. The maximum absolute atomic E-state index is 13.3. The van der Waals surface area contributed by atoms with Crippen LogP contribution in [0.4, 0.5) is 20.2 Å². The highest BCUT2D eigenvalue weighted by molar-refractivity contribution is 6.03.